The molecule has 0 bridgehead atoms. The van der Waals surface area contributed by atoms with E-state index in [1.807, 2.05) is 47.4 Å². The molecule has 5 nitrogen and oxygen atoms in total. The van der Waals surface area contributed by atoms with Gasteiger partial charge in [0.2, 0.25) is 11.8 Å². The highest BCUT2D eigenvalue weighted by Gasteiger charge is 2.43. The van der Waals surface area contributed by atoms with Crippen LogP contribution >= 0.6 is 0 Å². The monoisotopic (exact) mass is 462 g/mol. The maximum Gasteiger partial charge on any atom is 0.230 e. The third-order valence-electron chi connectivity index (χ3n) is 7.83. The number of methoxy groups -OCH3 is 1. The van der Waals surface area contributed by atoms with Gasteiger partial charge in [0, 0.05) is 26.1 Å². The fourth-order valence-electron chi connectivity index (χ4n) is 5.61. The van der Waals surface area contributed by atoms with E-state index in [0.29, 0.717) is 38.9 Å². The van der Waals surface area contributed by atoms with Crippen molar-refractivity contribution in [2.24, 2.45) is 5.92 Å². The molecule has 182 valence electrons. The number of nitrogens with zero attached hydrogens (tertiary/aromatic N) is 1. The van der Waals surface area contributed by atoms with Gasteiger partial charge in [-0.3, -0.25) is 9.59 Å². The van der Waals surface area contributed by atoms with Crippen molar-refractivity contribution in [2.75, 3.05) is 26.7 Å². The molecule has 1 heterocycles. The van der Waals surface area contributed by atoms with Crippen LogP contribution in [0.15, 0.2) is 54.6 Å². The molecule has 2 amide bonds. The zero-order valence-corrected chi connectivity index (χ0v) is 20.4. The van der Waals surface area contributed by atoms with Gasteiger partial charge in [0.15, 0.2) is 0 Å². The van der Waals surface area contributed by atoms with E-state index < -0.39 is 5.41 Å². The van der Waals surface area contributed by atoms with Crippen molar-refractivity contribution >= 4 is 11.8 Å². The van der Waals surface area contributed by atoms with Crippen molar-refractivity contribution in [3.63, 3.8) is 0 Å². The van der Waals surface area contributed by atoms with E-state index in [-0.39, 0.29) is 11.8 Å². The van der Waals surface area contributed by atoms with Gasteiger partial charge in [-0.2, -0.15) is 0 Å². The first-order chi connectivity index (χ1) is 16.6. The second-order valence-corrected chi connectivity index (χ2v) is 9.87. The number of nitrogens with one attached hydrogen (secondary N) is 1. The number of carbonyl (C=O) groups is 2. The second kappa shape index (κ2) is 11.5. The number of ether oxygens (including phenoxy) is 1. The summed E-state index contributed by atoms with van der Waals surface area (Å²) in [6, 6.07) is 18.1. The molecule has 34 heavy (non-hydrogen) atoms. The van der Waals surface area contributed by atoms with Crippen molar-refractivity contribution in [3.05, 3.63) is 65.7 Å². The van der Waals surface area contributed by atoms with Crippen LogP contribution in [0.3, 0.4) is 0 Å². The molecule has 5 heteroatoms. The Morgan fingerprint density at radius 3 is 2.32 bits per heavy atom. The van der Waals surface area contributed by atoms with Crippen LogP contribution in [-0.4, -0.2) is 43.5 Å². The molecule has 1 N–H and O–H groups in total. The molecule has 0 radical (unpaired) electrons. The third-order valence-corrected chi connectivity index (χ3v) is 7.83. The molecule has 2 fully saturated rings. The Balaban J connectivity index is 1.35. The van der Waals surface area contributed by atoms with Crippen LogP contribution in [0.2, 0.25) is 0 Å². The van der Waals surface area contributed by atoms with Gasteiger partial charge in [-0.1, -0.05) is 68.1 Å². The number of hydrogen-bond donors (Lipinski definition) is 1. The first-order valence-electron chi connectivity index (χ1n) is 12.9. The molecule has 2 aliphatic rings. The molecule has 0 unspecified atom stereocenters. The summed E-state index contributed by atoms with van der Waals surface area (Å²) in [4.78, 5) is 28.4. The number of piperidine rings is 1. The van der Waals surface area contributed by atoms with Crippen LogP contribution in [0.1, 0.15) is 62.5 Å². The quantitative estimate of drug-likeness (QED) is 0.578. The van der Waals surface area contributed by atoms with Gasteiger partial charge in [0.1, 0.15) is 5.75 Å². The van der Waals surface area contributed by atoms with Gasteiger partial charge in [-0.25, -0.2) is 0 Å². The predicted octanol–water partition coefficient (Wildman–Crippen LogP) is 4.88. The van der Waals surface area contributed by atoms with Crippen molar-refractivity contribution in [2.45, 2.75) is 63.2 Å². The van der Waals surface area contributed by atoms with Gasteiger partial charge in [0.05, 0.1) is 12.5 Å². The summed E-state index contributed by atoms with van der Waals surface area (Å²) in [7, 11) is 1.66. The van der Waals surface area contributed by atoms with E-state index in [2.05, 4.69) is 17.4 Å². The van der Waals surface area contributed by atoms with Gasteiger partial charge in [0.25, 0.3) is 0 Å². The van der Waals surface area contributed by atoms with Crippen LogP contribution in [0.25, 0.3) is 0 Å². The molecule has 0 atom stereocenters. The Bertz CT molecular complexity index is 928. The van der Waals surface area contributed by atoms with E-state index in [4.69, 9.17) is 4.74 Å². The second-order valence-electron chi connectivity index (χ2n) is 9.87. The average molecular weight is 463 g/mol. The van der Waals surface area contributed by atoms with Crippen molar-refractivity contribution < 1.29 is 14.3 Å². The number of rotatable bonds is 9. The zero-order chi connectivity index (χ0) is 23.8. The smallest absolute Gasteiger partial charge is 0.230 e. The predicted molar refractivity (Wildman–Crippen MR) is 135 cm³/mol. The maximum atomic E-state index is 13.6. The van der Waals surface area contributed by atoms with Crippen LogP contribution in [0, 0.1) is 5.92 Å². The highest BCUT2D eigenvalue weighted by atomic mass is 16.5. The summed E-state index contributed by atoms with van der Waals surface area (Å²) < 4.78 is 5.22. The van der Waals surface area contributed by atoms with E-state index in [0.717, 1.165) is 35.6 Å². The summed E-state index contributed by atoms with van der Waals surface area (Å²) in [6.45, 7) is 1.87. The Morgan fingerprint density at radius 2 is 1.68 bits per heavy atom. The summed E-state index contributed by atoms with van der Waals surface area (Å²) in [5.74, 6) is 1.90. The zero-order valence-electron chi connectivity index (χ0n) is 20.4. The molecule has 2 aromatic carbocycles. The minimum atomic E-state index is -0.580. The largest absolute Gasteiger partial charge is 0.497 e. The number of amides is 2. The van der Waals surface area contributed by atoms with E-state index in [9.17, 15) is 9.59 Å². The molecule has 1 saturated carbocycles. The average Bonchev–Trinajstić information content (AvgIpc) is 3.42. The van der Waals surface area contributed by atoms with Crippen LogP contribution in [0.5, 0.6) is 5.75 Å². The molecule has 0 aromatic heterocycles. The first-order valence-corrected chi connectivity index (χ1v) is 12.9. The number of likely N-dealkylation sites (tertiary alicyclic amines) is 1. The third kappa shape index (κ3) is 5.81. The Labute approximate surface area is 203 Å². The topological polar surface area (TPSA) is 58.6 Å². The summed E-state index contributed by atoms with van der Waals surface area (Å²) in [5, 5.41) is 3.20. The summed E-state index contributed by atoms with van der Waals surface area (Å²) >= 11 is 0. The molecule has 1 aliphatic carbocycles. The molecular formula is C29H38N2O3. The lowest BCUT2D eigenvalue weighted by molar-refractivity contribution is -0.137. The number of carbonyl (C=O) groups excluding carboxylic acids is 2. The van der Waals surface area contributed by atoms with E-state index in [1.165, 1.54) is 25.7 Å². The molecule has 0 spiro atoms. The van der Waals surface area contributed by atoms with Crippen LogP contribution < -0.4 is 10.1 Å². The molecule has 4 rings (SSSR count). The lowest BCUT2D eigenvalue weighted by Gasteiger charge is -2.41. The lowest BCUT2D eigenvalue weighted by Crippen LogP contribution is -2.53. The first kappa shape index (κ1) is 24.3. The highest BCUT2D eigenvalue weighted by molar-refractivity contribution is 5.89. The van der Waals surface area contributed by atoms with Gasteiger partial charge >= 0.3 is 0 Å². The Kier molecular flexibility index (Phi) is 8.25. The Hall–Kier alpha value is -2.82. The Morgan fingerprint density at radius 1 is 1.00 bits per heavy atom. The molecular weight excluding hydrogens is 424 g/mol. The molecule has 2 aromatic rings. The van der Waals surface area contributed by atoms with Crippen LogP contribution in [-0.2, 0) is 21.4 Å². The standard InChI is InChI=1S/C29H38N2O3/c1-34-26-14-11-24(12-15-26)17-20-30-28(33)29(25-9-3-2-4-10-25)18-21-31(22-19-29)27(32)16-13-23-7-5-6-8-23/h2-4,9-12,14-15,23H,5-8,13,16-22H2,1H3,(H,30,33). The van der Waals surface area contributed by atoms with Crippen LogP contribution in [0.4, 0.5) is 0 Å². The number of hydrogen-bond acceptors (Lipinski definition) is 3. The fourth-order valence-corrected chi connectivity index (χ4v) is 5.61. The van der Waals surface area contributed by atoms with Crippen molar-refractivity contribution in [3.8, 4) is 5.75 Å². The maximum absolute atomic E-state index is 13.6. The summed E-state index contributed by atoms with van der Waals surface area (Å²) in [6.07, 6.45) is 8.96. The minimum absolute atomic E-state index is 0.0743. The van der Waals surface area contributed by atoms with Gasteiger partial charge in [-0.05, 0) is 54.9 Å². The fraction of sp³-hybridized carbons (Fsp3) is 0.517. The summed E-state index contributed by atoms with van der Waals surface area (Å²) in [5.41, 5.74) is 1.64. The highest BCUT2D eigenvalue weighted by Crippen LogP contribution is 2.36. The number of benzene rings is 2. The van der Waals surface area contributed by atoms with Crippen molar-refractivity contribution in [1.82, 2.24) is 10.2 Å². The van der Waals surface area contributed by atoms with E-state index >= 15 is 0 Å². The minimum Gasteiger partial charge on any atom is -0.497 e. The van der Waals surface area contributed by atoms with E-state index in [1.54, 1.807) is 7.11 Å². The SMILES string of the molecule is COc1ccc(CCNC(=O)C2(c3ccccc3)CCN(C(=O)CCC3CCCC3)CC2)cc1. The van der Waals surface area contributed by atoms with Crippen molar-refractivity contribution in [1.29, 1.82) is 0 Å². The lowest BCUT2D eigenvalue weighted by atomic mass is 9.72. The van der Waals surface area contributed by atoms with Gasteiger partial charge < -0.3 is 15.0 Å². The normalized spacial score (nSPS) is 18.0. The van der Waals surface area contributed by atoms with Gasteiger partial charge in [-0.15, -0.1) is 0 Å². The molecule has 1 aliphatic heterocycles. The molecule has 1 saturated heterocycles.